The lowest BCUT2D eigenvalue weighted by Crippen LogP contribution is -2.40. The van der Waals surface area contributed by atoms with Crippen molar-refractivity contribution in [3.05, 3.63) is 71.1 Å². The Bertz CT molecular complexity index is 1250. The van der Waals surface area contributed by atoms with E-state index >= 15 is 0 Å². The van der Waals surface area contributed by atoms with Crippen LogP contribution in [0, 0.1) is 5.82 Å². The van der Waals surface area contributed by atoms with Gasteiger partial charge in [-0.15, -0.1) is 0 Å². The molecule has 194 valence electrons. The van der Waals surface area contributed by atoms with Crippen molar-refractivity contribution < 1.29 is 37.9 Å². The summed E-state index contributed by atoms with van der Waals surface area (Å²) in [4.78, 5) is 36.0. The van der Waals surface area contributed by atoms with Crippen molar-refractivity contribution >= 4 is 42.1 Å². The minimum atomic E-state index is -4.78. The number of carbonyl (C=O) groups is 1. The van der Waals surface area contributed by atoms with Gasteiger partial charge in [-0.05, 0) is 36.6 Å². The van der Waals surface area contributed by atoms with Gasteiger partial charge >= 0.3 is 13.9 Å². The number of hydrogen-bond donors (Lipinski definition) is 4. The Morgan fingerprint density at radius 1 is 1.19 bits per heavy atom. The standard InChI is InChI=1S/C23H26ClFN3O7P/c1-28(12-17-7-4-8-20(25)22(17)24)18(10-19(29)14-35-36(31,32)33)13-34-23(30)27-21-9-15-5-2-3-6-16(15)11-26-21/h2-9,11,18-19,29H,10,12-14H2,1H3,(H,26,27,30)(H2,31,32,33). The zero-order valence-corrected chi connectivity index (χ0v) is 20.9. The van der Waals surface area contributed by atoms with E-state index in [1.807, 2.05) is 24.3 Å². The summed E-state index contributed by atoms with van der Waals surface area (Å²) in [5.74, 6) is -0.307. The van der Waals surface area contributed by atoms with E-state index in [0.29, 0.717) is 5.56 Å². The van der Waals surface area contributed by atoms with E-state index in [-0.39, 0.29) is 30.4 Å². The topological polar surface area (TPSA) is 141 Å². The van der Waals surface area contributed by atoms with Crippen LogP contribution in [0.2, 0.25) is 5.02 Å². The van der Waals surface area contributed by atoms with Gasteiger partial charge < -0.3 is 19.6 Å². The number of fused-ring (bicyclic) bond motifs is 1. The number of nitrogens with zero attached hydrogens (tertiary/aromatic N) is 2. The molecule has 0 aliphatic heterocycles. The van der Waals surface area contributed by atoms with E-state index in [2.05, 4.69) is 14.8 Å². The largest absolute Gasteiger partial charge is 0.469 e. The summed E-state index contributed by atoms with van der Waals surface area (Å²) in [6.07, 6.45) is -0.546. The number of amides is 1. The van der Waals surface area contributed by atoms with Crippen molar-refractivity contribution in [1.29, 1.82) is 0 Å². The first-order chi connectivity index (χ1) is 17.0. The molecule has 10 nitrogen and oxygen atoms in total. The van der Waals surface area contributed by atoms with Crippen molar-refractivity contribution in [1.82, 2.24) is 9.88 Å². The van der Waals surface area contributed by atoms with E-state index in [4.69, 9.17) is 26.1 Å². The molecule has 1 amide bonds. The number of ether oxygens (including phenoxy) is 1. The van der Waals surface area contributed by atoms with Gasteiger partial charge in [0.25, 0.3) is 0 Å². The molecule has 2 unspecified atom stereocenters. The van der Waals surface area contributed by atoms with Crippen LogP contribution in [0.15, 0.2) is 54.7 Å². The van der Waals surface area contributed by atoms with Gasteiger partial charge in [-0.2, -0.15) is 0 Å². The average Bonchev–Trinajstić information content (AvgIpc) is 2.82. The molecule has 1 heterocycles. The second kappa shape index (κ2) is 12.6. The lowest BCUT2D eigenvalue weighted by atomic mass is 10.1. The minimum absolute atomic E-state index is 0.0606. The van der Waals surface area contributed by atoms with Gasteiger partial charge in [-0.1, -0.05) is 48.0 Å². The number of pyridine rings is 1. The fourth-order valence-electron chi connectivity index (χ4n) is 3.47. The molecular formula is C23H26ClFN3O7P. The normalized spacial score (nSPS) is 13.5. The molecule has 2 aromatic carbocycles. The number of anilines is 1. The van der Waals surface area contributed by atoms with Gasteiger partial charge in [0.15, 0.2) is 0 Å². The van der Waals surface area contributed by atoms with Crippen molar-refractivity contribution in [3.63, 3.8) is 0 Å². The Labute approximate surface area is 211 Å². The molecular weight excluding hydrogens is 516 g/mol. The summed E-state index contributed by atoms with van der Waals surface area (Å²) in [6, 6.07) is 12.9. The van der Waals surface area contributed by atoms with E-state index in [0.717, 1.165) is 10.8 Å². The summed E-state index contributed by atoms with van der Waals surface area (Å²) < 4.78 is 34.5. The molecule has 0 spiro atoms. The van der Waals surface area contributed by atoms with Crippen LogP contribution < -0.4 is 5.32 Å². The molecule has 13 heteroatoms. The van der Waals surface area contributed by atoms with Crippen LogP contribution in [0.3, 0.4) is 0 Å². The van der Waals surface area contributed by atoms with Crippen LogP contribution in [-0.4, -0.2) is 63.3 Å². The number of aromatic nitrogens is 1. The van der Waals surface area contributed by atoms with E-state index in [9.17, 15) is 18.9 Å². The third kappa shape index (κ3) is 8.49. The Morgan fingerprint density at radius 3 is 2.64 bits per heavy atom. The fraction of sp³-hybridized carbons (Fsp3) is 0.304. The molecule has 0 radical (unpaired) electrons. The Morgan fingerprint density at radius 2 is 1.92 bits per heavy atom. The number of hydrogen-bond acceptors (Lipinski definition) is 7. The molecule has 0 saturated heterocycles. The molecule has 0 aliphatic rings. The smallest absolute Gasteiger partial charge is 0.448 e. The minimum Gasteiger partial charge on any atom is -0.448 e. The van der Waals surface area contributed by atoms with Crippen LogP contribution in [0.5, 0.6) is 0 Å². The third-order valence-corrected chi connectivity index (χ3v) is 6.23. The van der Waals surface area contributed by atoms with Crippen molar-refractivity contribution in [2.75, 3.05) is 25.6 Å². The van der Waals surface area contributed by atoms with E-state index < -0.39 is 38.5 Å². The van der Waals surface area contributed by atoms with Crippen LogP contribution in [0.1, 0.15) is 12.0 Å². The quantitative estimate of drug-likeness (QED) is 0.266. The summed E-state index contributed by atoms with van der Waals surface area (Å²) >= 11 is 6.05. The maximum atomic E-state index is 13.8. The highest BCUT2D eigenvalue weighted by atomic mass is 35.5. The Hall–Kier alpha value is -2.63. The highest BCUT2D eigenvalue weighted by Gasteiger charge is 2.25. The number of aliphatic hydroxyl groups is 1. The SMILES string of the molecule is CN(Cc1cccc(F)c1Cl)C(COC(=O)Nc1cc2ccccc2cn1)CC(O)COP(=O)(O)O. The number of benzene rings is 2. The number of carbonyl (C=O) groups excluding carboxylic acids is 1. The van der Waals surface area contributed by atoms with Gasteiger partial charge in [0.05, 0.1) is 17.7 Å². The highest BCUT2D eigenvalue weighted by molar-refractivity contribution is 7.46. The summed E-state index contributed by atoms with van der Waals surface area (Å²) in [7, 11) is -3.13. The maximum absolute atomic E-state index is 13.8. The number of aliphatic hydroxyl groups excluding tert-OH is 1. The Balaban J connectivity index is 1.66. The van der Waals surface area contributed by atoms with Crippen LogP contribution in [0.4, 0.5) is 15.0 Å². The second-order valence-corrected chi connectivity index (χ2v) is 9.72. The number of rotatable bonds is 11. The van der Waals surface area contributed by atoms with Crippen LogP contribution in [-0.2, 0) is 20.4 Å². The van der Waals surface area contributed by atoms with Crippen molar-refractivity contribution in [3.8, 4) is 0 Å². The molecule has 3 rings (SSSR count). The van der Waals surface area contributed by atoms with Gasteiger partial charge in [0, 0.05) is 24.2 Å². The molecule has 4 N–H and O–H groups in total. The molecule has 3 aromatic rings. The number of likely N-dealkylation sites (N-methyl/N-ethyl adjacent to an activating group) is 1. The van der Waals surface area contributed by atoms with E-state index in [1.165, 1.54) is 12.1 Å². The molecule has 0 bridgehead atoms. The molecule has 36 heavy (non-hydrogen) atoms. The lowest BCUT2D eigenvalue weighted by Gasteiger charge is -2.29. The first-order valence-electron chi connectivity index (χ1n) is 10.8. The zero-order valence-electron chi connectivity index (χ0n) is 19.3. The van der Waals surface area contributed by atoms with Crippen LogP contribution >= 0.6 is 19.4 Å². The maximum Gasteiger partial charge on any atom is 0.469 e. The first kappa shape index (κ1) is 27.9. The summed E-state index contributed by atoms with van der Waals surface area (Å²) in [6.45, 7) is -0.705. The number of phosphoric acid groups is 1. The van der Waals surface area contributed by atoms with Crippen LogP contribution in [0.25, 0.3) is 10.8 Å². The molecule has 0 fully saturated rings. The molecule has 1 aromatic heterocycles. The highest BCUT2D eigenvalue weighted by Crippen LogP contribution is 2.36. The predicted octanol–water partition coefficient (Wildman–Crippen LogP) is 3.94. The van der Waals surface area contributed by atoms with Crippen molar-refractivity contribution in [2.24, 2.45) is 0 Å². The number of nitrogens with one attached hydrogen (secondary N) is 1. The molecule has 0 aliphatic carbocycles. The van der Waals surface area contributed by atoms with Gasteiger partial charge in [-0.3, -0.25) is 14.7 Å². The Kier molecular flexibility index (Phi) is 9.75. The first-order valence-corrected chi connectivity index (χ1v) is 12.7. The summed E-state index contributed by atoms with van der Waals surface area (Å²) in [5.41, 5.74) is 0.468. The van der Waals surface area contributed by atoms with Gasteiger partial charge in [0.2, 0.25) is 0 Å². The summed E-state index contributed by atoms with van der Waals surface area (Å²) in [5, 5.41) is 14.5. The number of halogens is 2. The third-order valence-electron chi connectivity index (χ3n) is 5.32. The van der Waals surface area contributed by atoms with Gasteiger partial charge in [0.1, 0.15) is 18.2 Å². The lowest BCUT2D eigenvalue weighted by molar-refractivity contribution is 0.0363. The molecule has 2 atom stereocenters. The number of phosphoric ester groups is 1. The van der Waals surface area contributed by atoms with Crippen molar-refractivity contribution in [2.45, 2.75) is 25.1 Å². The van der Waals surface area contributed by atoms with E-state index in [1.54, 1.807) is 30.3 Å². The fourth-order valence-corrected chi connectivity index (χ4v) is 4.03. The average molecular weight is 542 g/mol. The zero-order chi connectivity index (χ0) is 26.3. The second-order valence-electron chi connectivity index (χ2n) is 8.10. The molecule has 0 saturated carbocycles. The monoisotopic (exact) mass is 541 g/mol. The van der Waals surface area contributed by atoms with Gasteiger partial charge in [-0.25, -0.2) is 18.7 Å². The predicted molar refractivity (Wildman–Crippen MR) is 132 cm³/mol.